The summed E-state index contributed by atoms with van der Waals surface area (Å²) in [4.78, 5) is 1.99. The summed E-state index contributed by atoms with van der Waals surface area (Å²) in [6, 6.07) is 7.69. The van der Waals surface area contributed by atoms with Crippen molar-refractivity contribution < 1.29 is 4.39 Å². The van der Waals surface area contributed by atoms with Gasteiger partial charge in [0.15, 0.2) is 0 Å². The van der Waals surface area contributed by atoms with Gasteiger partial charge in [-0.25, -0.2) is 4.39 Å². The Morgan fingerprint density at radius 2 is 2.00 bits per heavy atom. The molecule has 0 aromatic heterocycles. The van der Waals surface area contributed by atoms with Crippen LogP contribution >= 0.6 is 0 Å². The molecule has 3 heteroatoms. The molecule has 0 heterocycles. The van der Waals surface area contributed by atoms with Crippen LogP contribution in [0, 0.1) is 5.82 Å². The standard InChI is InChI=1S/C15H23FN2/c1-18(15-10-5-4-9-14(15)16)12-6-11-17-13-7-2-3-8-13/h4-5,9-10,13,17H,2-3,6-8,11-12H2,1H3. The van der Waals surface area contributed by atoms with E-state index in [1.165, 1.54) is 31.7 Å². The Hall–Kier alpha value is -1.09. The van der Waals surface area contributed by atoms with Gasteiger partial charge in [0.05, 0.1) is 5.69 Å². The molecular weight excluding hydrogens is 227 g/mol. The van der Waals surface area contributed by atoms with Crippen LogP contribution in [0.15, 0.2) is 24.3 Å². The van der Waals surface area contributed by atoms with Crippen molar-refractivity contribution in [3.63, 3.8) is 0 Å². The van der Waals surface area contributed by atoms with Crippen LogP contribution < -0.4 is 10.2 Å². The molecule has 1 N–H and O–H groups in total. The normalized spacial score (nSPS) is 16.1. The number of rotatable bonds is 6. The Balaban J connectivity index is 1.68. The second kappa shape index (κ2) is 6.74. The summed E-state index contributed by atoms with van der Waals surface area (Å²) in [6.07, 6.45) is 6.44. The fourth-order valence-electron chi connectivity index (χ4n) is 2.63. The third-order valence-electron chi connectivity index (χ3n) is 3.72. The molecule has 1 aromatic carbocycles. The molecule has 0 saturated heterocycles. The third kappa shape index (κ3) is 3.70. The molecule has 1 aliphatic carbocycles. The number of anilines is 1. The molecule has 100 valence electrons. The maximum absolute atomic E-state index is 13.5. The van der Waals surface area contributed by atoms with Crippen molar-refractivity contribution in [1.82, 2.24) is 5.32 Å². The quantitative estimate of drug-likeness (QED) is 0.780. The minimum absolute atomic E-state index is 0.135. The van der Waals surface area contributed by atoms with E-state index in [2.05, 4.69) is 5.32 Å². The zero-order valence-electron chi connectivity index (χ0n) is 11.2. The first-order chi connectivity index (χ1) is 8.77. The highest BCUT2D eigenvalue weighted by molar-refractivity contribution is 5.46. The van der Waals surface area contributed by atoms with Gasteiger partial charge in [-0.2, -0.15) is 0 Å². The maximum atomic E-state index is 13.5. The molecule has 2 rings (SSSR count). The molecule has 0 bridgehead atoms. The summed E-state index contributed by atoms with van der Waals surface area (Å²) in [5, 5.41) is 3.58. The summed E-state index contributed by atoms with van der Waals surface area (Å²) in [6.45, 7) is 1.92. The molecule has 1 aliphatic rings. The zero-order valence-corrected chi connectivity index (χ0v) is 11.2. The first-order valence-electron chi connectivity index (χ1n) is 6.96. The molecule has 1 aromatic rings. The van der Waals surface area contributed by atoms with Gasteiger partial charge in [0, 0.05) is 19.6 Å². The van der Waals surface area contributed by atoms with E-state index >= 15 is 0 Å². The molecule has 1 fully saturated rings. The number of nitrogens with one attached hydrogen (secondary N) is 1. The lowest BCUT2D eigenvalue weighted by Gasteiger charge is -2.20. The molecule has 1 saturated carbocycles. The van der Waals surface area contributed by atoms with Crippen molar-refractivity contribution in [1.29, 1.82) is 0 Å². The molecule has 2 nitrogen and oxygen atoms in total. The molecule has 18 heavy (non-hydrogen) atoms. The SMILES string of the molecule is CN(CCCNC1CCCC1)c1ccccc1F. The largest absolute Gasteiger partial charge is 0.372 e. The fourth-order valence-corrected chi connectivity index (χ4v) is 2.63. The molecule has 0 amide bonds. The number of hydrogen-bond acceptors (Lipinski definition) is 2. The van der Waals surface area contributed by atoms with Crippen LogP contribution in [-0.4, -0.2) is 26.2 Å². The lowest BCUT2D eigenvalue weighted by molar-refractivity contribution is 0.514. The van der Waals surface area contributed by atoms with Gasteiger partial charge in [0.1, 0.15) is 5.82 Å². The van der Waals surface area contributed by atoms with Gasteiger partial charge in [-0.3, -0.25) is 0 Å². The number of para-hydroxylation sites is 1. The molecule has 0 spiro atoms. The molecule has 0 atom stereocenters. The van der Waals surface area contributed by atoms with E-state index in [0.29, 0.717) is 5.69 Å². The van der Waals surface area contributed by atoms with Crippen LogP contribution in [0.2, 0.25) is 0 Å². The van der Waals surface area contributed by atoms with E-state index < -0.39 is 0 Å². The zero-order chi connectivity index (χ0) is 12.8. The van der Waals surface area contributed by atoms with Gasteiger partial charge < -0.3 is 10.2 Å². The smallest absolute Gasteiger partial charge is 0.146 e. The van der Waals surface area contributed by atoms with Crippen molar-refractivity contribution in [2.45, 2.75) is 38.1 Å². The highest BCUT2D eigenvalue weighted by Crippen LogP contribution is 2.18. The predicted molar refractivity (Wildman–Crippen MR) is 74.5 cm³/mol. The lowest BCUT2D eigenvalue weighted by atomic mass is 10.2. The van der Waals surface area contributed by atoms with Crippen LogP contribution in [-0.2, 0) is 0 Å². The monoisotopic (exact) mass is 250 g/mol. The van der Waals surface area contributed by atoms with Gasteiger partial charge in [0.2, 0.25) is 0 Å². The lowest BCUT2D eigenvalue weighted by Crippen LogP contribution is -2.30. The first-order valence-corrected chi connectivity index (χ1v) is 6.96. The topological polar surface area (TPSA) is 15.3 Å². The molecule has 0 radical (unpaired) electrons. The second-order valence-electron chi connectivity index (χ2n) is 5.16. The van der Waals surface area contributed by atoms with Crippen LogP contribution in [0.25, 0.3) is 0 Å². The van der Waals surface area contributed by atoms with Crippen LogP contribution in [0.4, 0.5) is 10.1 Å². The summed E-state index contributed by atoms with van der Waals surface area (Å²) >= 11 is 0. The van der Waals surface area contributed by atoms with Crippen molar-refractivity contribution in [3.8, 4) is 0 Å². The number of hydrogen-bond donors (Lipinski definition) is 1. The van der Waals surface area contributed by atoms with Crippen molar-refractivity contribution in [3.05, 3.63) is 30.1 Å². The highest BCUT2D eigenvalue weighted by Gasteiger charge is 2.13. The van der Waals surface area contributed by atoms with E-state index in [-0.39, 0.29) is 5.82 Å². The summed E-state index contributed by atoms with van der Waals surface area (Å²) in [7, 11) is 1.95. The van der Waals surface area contributed by atoms with Crippen LogP contribution in [0.1, 0.15) is 32.1 Å². The Bertz CT molecular complexity index is 361. The Morgan fingerprint density at radius 1 is 1.28 bits per heavy atom. The van der Waals surface area contributed by atoms with Gasteiger partial charge >= 0.3 is 0 Å². The molecule has 0 unspecified atom stereocenters. The summed E-state index contributed by atoms with van der Waals surface area (Å²) in [5.41, 5.74) is 0.693. The Labute approximate surface area is 109 Å². The Morgan fingerprint density at radius 3 is 2.72 bits per heavy atom. The summed E-state index contributed by atoms with van der Waals surface area (Å²) < 4.78 is 13.5. The highest BCUT2D eigenvalue weighted by atomic mass is 19.1. The van der Waals surface area contributed by atoms with Crippen molar-refractivity contribution in [2.75, 3.05) is 25.0 Å². The predicted octanol–water partition coefficient (Wildman–Crippen LogP) is 3.18. The van der Waals surface area contributed by atoms with E-state index in [0.717, 1.165) is 25.6 Å². The van der Waals surface area contributed by atoms with Gasteiger partial charge in [-0.1, -0.05) is 25.0 Å². The molecular formula is C15H23FN2. The van der Waals surface area contributed by atoms with E-state index in [9.17, 15) is 4.39 Å². The second-order valence-corrected chi connectivity index (χ2v) is 5.16. The van der Waals surface area contributed by atoms with Crippen LogP contribution in [0.3, 0.4) is 0 Å². The van der Waals surface area contributed by atoms with Gasteiger partial charge in [0.25, 0.3) is 0 Å². The fraction of sp³-hybridized carbons (Fsp3) is 0.600. The number of nitrogens with zero attached hydrogens (tertiary/aromatic N) is 1. The third-order valence-corrected chi connectivity index (χ3v) is 3.72. The van der Waals surface area contributed by atoms with E-state index in [1.807, 2.05) is 24.1 Å². The van der Waals surface area contributed by atoms with Gasteiger partial charge in [-0.05, 0) is 37.9 Å². The first kappa shape index (κ1) is 13.3. The minimum atomic E-state index is -0.135. The van der Waals surface area contributed by atoms with Crippen molar-refractivity contribution in [2.24, 2.45) is 0 Å². The average Bonchev–Trinajstić information content (AvgIpc) is 2.88. The maximum Gasteiger partial charge on any atom is 0.146 e. The minimum Gasteiger partial charge on any atom is -0.372 e. The van der Waals surface area contributed by atoms with Gasteiger partial charge in [-0.15, -0.1) is 0 Å². The van der Waals surface area contributed by atoms with E-state index in [4.69, 9.17) is 0 Å². The summed E-state index contributed by atoms with van der Waals surface area (Å²) in [5.74, 6) is -0.135. The molecule has 0 aliphatic heterocycles. The number of halogens is 1. The number of benzene rings is 1. The van der Waals surface area contributed by atoms with Crippen LogP contribution in [0.5, 0.6) is 0 Å². The van der Waals surface area contributed by atoms with Crippen molar-refractivity contribution >= 4 is 5.69 Å². The Kier molecular flexibility index (Phi) is 5.00. The van der Waals surface area contributed by atoms with E-state index in [1.54, 1.807) is 6.07 Å². The average molecular weight is 250 g/mol.